The van der Waals surface area contributed by atoms with E-state index >= 15 is 0 Å². The molecule has 214 valence electrons. The van der Waals surface area contributed by atoms with E-state index in [1.54, 1.807) is 41.3 Å². The number of nitrogens with one attached hydrogen (secondary N) is 3. The first kappa shape index (κ1) is 28.0. The second-order valence-corrected chi connectivity index (χ2v) is 10.2. The highest BCUT2D eigenvalue weighted by Crippen LogP contribution is 2.27. The number of carbonyl (C=O) groups is 3. The summed E-state index contributed by atoms with van der Waals surface area (Å²) in [6.07, 6.45) is 5.96. The maximum absolute atomic E-state index is 14.7. The molecule has 0 spiro atoms. The second kappa shape index (κ2) is 13.2. The lowest BCUT2D eigenvalue weighted by molar-refractivity contribution is -0.119. The first-order valence-electron chi connectivity index (χ1n) is 13.8. The van der Waals surface area contributed by atoms with Gasteiger partial charge in [-0.1, -0.05) is 30.3 Å². The highest BCUT2D eigenvalue weighted by Gasteiger charge is 2.28. The molecule has 0 radical (unpaired) electrons. The van der Waals surface area contributed by atoms with Crippen LogP contribution in [0.25, 0.3) is 0 Å². The quantitative estimate of drug-likeness (QED) is 0.375. The van der Waals surface area contributed by atoms with Crippen LogP contribution in [-0.2, 0) is 11.2 Å². The van der Waals surface area contributed by atoms with Crippen molar-refractivity contribution in [1.82, 2.24) is 20.1 Å². The lowest BCUT2D eigenvalue weighted by Crippen LogP contribution is -2.47. The van der Waals surface area contributed by atoms with Gasteiger partial charge in [-0.2, -0.15) is 0 Å². The Hall–Kier alpha value is -4.51. The van der Waals surface area contributed by atoms with Crippen molar-refractivity contribution in [3.05, 3.63) is 78.2 Å². The van der Waals surface area contributed by atoms with Crippen molar-refractivity contribution in [1.29, 1.82) is 0 Å². The van der Waals surface area contributed by atoms with Crippen LogP contribution in [0.1, 0.15) is 31.2 Å². The van der Waals surface area contributed by atoms with Crippen LogP contribution in [0.3, 0.4) is 0 Å². The molecule has 1 aromatic heterocycles. The van der Waals surface area contributed by atoms with Gasteiger partial charge in [0, 0.05) is 37.5 Å². The molecule has 11 heteroatoms. The maximum Gasteiger partial charge on any atom is 0.325 e. The molecule has 5 amide bonds. The van der Waals surface area contributed by atoms with Gasteiger partial charge in [-0.05, 0) is 62.5 Å². The van der Waals surface area contributed by atoms with E-state index in [2.05, 4.69) is 25.8 Å². The molecule has 0 aliphatic carbocycles. The Morgan fingerprint density at radius 3 is 2.37 bits per heavy atom. The third-order valence-corrected chi connectivity index (χ3v) is 7.26. The van der Waals surface area contributed by atoms with Crippen LogP contribution in [0.2, 0.25) is 0 Å². The van der Waals surface area contributed by atoms with Crippen LogP contribution in [0.4, 0.5) is 25.5 Å². The van der Waals surface area contributed by atoms with Crippen LogP contribution < -0.4 is 20.7 Å². The maximum atomic E-state index is 14.7. The second-order valence-electron chi connectivity index (χ2n) is 10.2. The van der Waals surface area contributed by atoms with Crippen LogP contribution in [0.5, 0.6) is 11.5 Å². The zero-order chi connectivity index (χ0) is 28.6. The number of piperidine rings is 1. The zero-order valence-corrected chi connectivity index (χ0v) is 22.6. The van der Waals surface area contributed by atoms with E-state index in [-0.39, 0.29) is 23.9 Å². The molecule has 2 aromatic carbocycles. The number of anilines is 2. The number of benzene rings is 2. The minimum absolute atomic E-state index is 0.0229. The van der Waals surface area contributed by atoms with Crippen molar-refractivity contribution in [2.45, 2.75) is 38.1 Å². The molecule has 2 aliphatic rings. The van der Waals surface area contributed by atoms with Gasteiger partial charge in [0.15, 0.2) is 0 Å². The summed E-state index contributed by atoms with van der Waals surface area (Å²) in [5.74, 6) is -0.396. The Morgan fingerprint density at radius 1 is 0.902 bits per heavy atom. The first-order valence-corrected chi connectivity index (χ1v) is 13.8. The van der Waals surface area contributed by atoms with Gasteiger partial charge < -0.3 is 19.9 Å². The molecule has 2 fully saturated rings. The van der Waals surface area contributed by atoms with Gasteiger partial charge in [0.1, 0.15) is 23.1 Å². The van der Waals surface area contributed by atoms with Crippen LogP contribution in [-0.4, -0.2) is 65.0 Å². The molecule has 2 aliphatic heterocycles. The van der Waals surface area contributed by atoms with Gasteiger partial charge in [0.25, 0.3) is 0 Å². The molecule has 41 heavy (non-hydrogen) atoms. The fourth-order valence-corrected chi connectivity index (χ4v) is 5.17. The molecule has 3 N–H and O–H groups in total. The van der Waals surface area contributed by atoms with E-state index in [4.69, 9.17) is 4.74 Å². The number of rotatable bonds is 7. The third-order valence-electron chi connectivity index (χ3n) is 7.26. The molecule has 2 saturated heterocycles. The van der Waals surface area contributed by atoms with E-state index in [9.17, 15) is 18.8 Å². The summed E-state index contributed by atoms with van der Waals surface area (Å²) < 4.78 is 20.5. The lowest BCUT2D eigenvalue weighted by Gasteiger charge is -2.36. The van der Waals surface area contributed by atoms with Gasteiger partial charge in [-0.25, -0.2) is 19.0 Å². The van der Waals surface area contributed by atoms with Crippen LogP contribution in [0, 0.1) is 5.82 Å². The fraction of sp³-hybridized carbons (Fsp3) is 0.333. The van der Waals surface area contributed by atoms with E-state index in [0.717, 1.165) is 37.6 Å². The largest absolute Gasteiger partial charge is 0.457 e. The highest BCUT2D eigenvalue weighted by molar-refractivity contribution is 6.01. The number of amides is 5. The molecule has 0 bridgehead atoms. The highest BCUT2D eigenvalue weighted by atomic mass is 19.1. The van der Waals surface area contributed by atoms with Crippen molar-refractivity contribution in [3.63, 3.8) is 0 Å². The first-order chi connectivity index (χ1) is 19.9. The molecule has 5 rings (SSSR count). The summed E-state index contributed by atoms with van der Waals surface area (Å²) in [7, 11) is 0. The Bertz CT molecular complexity index is 1370. The molecule has 0 atom stereocenters. The van der Waals surface area contributed by atoms with E-state index in [1.165, 1.54) is 31.2 Å². The number of nitrogens with zero attached hydrogens (tertiary/aromatic N) is 3. The molecule has 10 nitrogen and oxygen atoms in total. The average molecular weight is 561 g/mol. The van der Waals surface area contributed by atoms with Crippen molar-refractivity contribution in [3.8, 4) is 11.5 Å². The third kappa shape index (κ3) is 7.79. The predicted octanol–water partition coefficient (Wildman–Crippen LogP) is 5.00. The number of pyridine rings is 1. The summed E-state index contributed by atoms with van der Waals surface area (Å²) in [6.45, 7) is 3.70. The summed E-state index contributed by atoms with van der Waals surface area (Å²) >= 11 is 0. The van der Waals surface area contributed by atoms with Crippen LogP contribution in [0.15, 0.2) is 66.9 Å². The standard InChI is InChI=1S/C30H33FN6O4/c31-25-19-23(8-9-26(25)33-29(39)35-28(38)18-21-6-2-1-3-7-21)41-24-10-13-32-27(20-24)34-30(40)37-16-11-22(12-17-37)36-14-4-5-15-36/h1-3,6-10,13,19-20,22H,4-5,11-12,14-18H2,(H,32,34,40)(H2,33,35,38,39). The number of imide groups is 1. The topological polar surface area (TPSA) is 116 Å². The number of halogens is 1. The summed E-state index contributed by atoms with van der Waals surface area (Å²) in [5, 5.41) is 7.34. The van der Waals surface area contributed by atoms with Gasteiger partial charge in [0.05, 0.1) is 12.1 Å². The van der Waals surface area contributed by atoms with E-state index in [0.29, 0.717) is 30.7 Å². The number of hydrogen-bond acceptors (Lipinski definition) is 6. The summed E-state index contributed by atoms with van der Waals surface area (Å²) in [5.41, 5.74) is 0.639. The van der Waals surface area contributed by atoms with Crippen LogP contribution >= 0.6 is 0 Å². The fourth-order valence-electron chi connectivity index (χ4n) is 5.17. The monoisotopic (exact) mass is 560 g/mol. The Kier molecular flexibility index (Phi) is 9.05. The SMILES string of the molecule is O=C(Cc1ccccc1)NC(=O)Nc1ccc(Oc2ccnc(NC(=O)N3CCC(N4CCCC4)CC3)c2)cc1F. The average Bonchev–Trinajstić information content (AvgIpc) is 3.50. The number of likely N-dealkylation sites (tertiary alicyclic amines) is 2. The number of hydrogen-bond donors (Lipinski definition) is 3. The predicted molar refractivity (Wildman–Crippen MR) is 152 cm³/mol. The summed E-state index contributed by atoms with van der Waals surface area (Å²) in [6, 6.07) is 15.5. The van der Waals surface area contributed by atoms with Crippen molar-refractivity contribution in [2.75, 3.05) is 36.8 Å². The van der Waals surface area contributed by atoms with Crippen molar-refractivity contribution >= 4 is 29.5 Å². The minimum atomic E-state index is -0.840. The van der Waals surface area contributed by atoms with Gasteiger partial charge in [0.2, 0.25) is 5.91 Å². The van der Waals surface area contributed by atoms with Gasteiger partial charge in [-0.15, -0.1) is 0 Å². The van der Waals surface area contributed by atoms with Gasteiger partial charge >= 0.3 is 12.1 Å². The van der Waals surface area contributed by atoms with E-state index < -0.39 is 17.8 Å². The van der Waals surface area contributed by atoms with Crippen molar-refractivity contribution in [2.24, 2.45) is 0 Å². The molecule has 3 heterocycles. The number of carbonyl (C=O) groups excluding carboxylic acids is 3. The van der Waals surface area contributed by atoms with Gasteiger partial charge in [-0.3, -0.25) is 15.4 Å². The normalized spacial score (nSPS) is 15.8. The Balaban J connectivity index is 1.11. The molecule has 0 saturated carbocycles. The lowest BCUT2D eigenvalue weighted by atomic mass is 10.0. The summed E-state index contributed by atoms with van der Waals surface area (Å²) in [4.78, 5) is 45.6. The number of aromatic nitrogens is 1. The van der Waals surface area contributed by atoms with Crippen molar-refractivity contribution < 1.29 is 23.5 Å². The van der Waals surface area contributed by atoms with E-state index in [1.807, 2.05) is 6.07 Å². The molecule has 0 unspecified atom stereocenters. The molecular weight excluding hydrogens is 527 g/mol. The Morgan fingerprint density at radius 2 is 1.63 bits per heavy atom. The Labute approximate surface area is 237 Å². The number of urea groups is 2. The smallest absolute Gasteiger partial charge is 0.325 e. The minimum Gasteiger partial charge on any atom is -0.457 e. The zero-order valence-electron chi connectivity index (χ0n) is 22.6. The molecule has 3 aromatic rings. The molecular formula is C30H33FN6O4. The number of ether oxygens (including phenoxy) is 1.